The number of nitrogens with zero attached hydrogens (tertiary/aromatic N) is 2. The number of allylic oxidation sites excluding steroid dienone is 5. The number of fused-ring (bicyclic) bond motifs is 6. The van der Waals surface area contributed by atoms with Crippen molar-refractivity contribution < 1.29 is 18.9 Å². The molecule has 5 heterocycles. The highest BCUT2D eigenvalue weighted by Crippen LogP contribution is 2.35. The molecule has 8 heteroatoms. The molecule has 0 radical (unpaired) electrons. The van der Waals surface area contributed by atoms with Crippen molar-refractivity contribution in [3.8, 4) is 0 Å². The monoisotopic (exact) mass is 432 g/mol. The van der Waals surface area contributed by atoms with Gasteiger partial charge < -0.3 is 29.2 Å². The van der Waals surface area contributed by atoms with Crippen molar-refractivity contribution in [3.05, 3.63) is 82.2 Å². The van der Waals surface area contributed by atoms with Gasteiger partial charge in [-0.1, -0.05) is 0 Å². The van der Waals surface area contributed by atoms with E-state index in [9.17, 15) is 0 Å². The third kappa shape index (κ3) is 3.16. The molecule has 2 N–H and O–H groups in total. The lowest BCUT2D eigenvalue weighted by atomic mass is 10.1. The molecule has 8 nitrogen and oxygen atoms in total. The van der Waals surface area contributed by atoms with E-state index >= 15 is 0 Å². The number of methoxy groups -OCH3 is 4. The fourth-order valence-electron chi connectivity index (χ4n) is 4.20. The zero-order valence-corrected chi connectivity index (χ0v) is 18.3. The summed E-state index contributed by atoms with van der Waals surface area (Å²) in [6.45, 7) is 0. The van der Waals surface area contributed by atoms with Crippen LogP contribution in [0.25, 0.3) is 12.2 Å². The number of ether oxygens (including phenoxy) is 4. The largest absolute Gasteiger partial charge is 0.496 e. The van der Waals surface area contributed by atoms with Crippen LogP contribution in [0.4, 0.5) is 0 Å². The average molecular weight is 432 g/mol. The van der Waals surface area contributed by atoms with E-state index < -0.39 is 11.4 Å². The Bertz CT molecular complexity index is 1310. The highest BCUT2D eigenvalue weighted by atomic mass is 16.6. The SMILES string of the molecule is COC1=CC2=CC3=NC(OC)(C=C3)C(OC)=C3C=CC(=N3)C=c3ccc([nH]3)=CC1(OC)N2. The molecule has 4 aliphatic heterocycles. The molecule has 0 fully saturated rings. The maximum atomic E-state index is 5.87. The molecule has 0 amide bonds. The quantitative estimate of drug-likeness (QED) is 0.746. The molecule has 2 atom stereocenters. The number of aliphatic imine (C=N–C) groups is 2. The van der Waals surface area contributed by atoms with Gasteiger partial charge in [0.05, 0.1) is 25.6 Å². The summed E-state index contributed by atoms with van der Waals surface area (Å²) < 4.78 is 23.1. The number of hydrogen-bond donors (Lipinski definition) is 2. The second-order valence-electron chi connectivity index (χ2n) is 7.59. The zero-order valence-electron chi connectivity index (χ0n) is 18.3. The van der Waals surface area contributed by atoms with E-state index in [-0.39, 0.29) is 0 Å². The van der Waals surface area contributed by atoms with Gasteiger partial charge >= 0.3 is 0 Å². The van der Waals surface area contributed by atoms with Crippen molar-refractivity contribution >= 4 is 23.6 Å². The Hall–Kier alpha value is -3.62. The fourth-order valence-corrected chi connectivity index (χ4v) is 4.20. The normalized spacial score (nSPS) is 27.8. The third-order valence-corrected chi connectivity index (χ3v) is 5.73. The maximum absolute atomic E-state index is 5.87. The van der Waals surface area contributed by atoms with Gasteiger partial charge in [0.2, 0.25) is 11.4 Å². The predicted octanol–water partition coefficient (Wildman–Crippen LogP) is 1.17. The Morgan fingerprint density at radius 3 is 2.44 bits per heavy atom. The molecule has 0 aliphatic carbocycles. The molecule has 2 unspecified atom stereocenters. The van der Waals surface area contributed by atoms with Crippen molar-refractivity contribution in [2.45, 2.75) is 11.4 Å². The molecule has 4 aliphatic rings. The van der Waals surface area contributed by atoms with Crippen molar-refractivity contribution in [3.63, 3.8) is 0 Å². The van der Waals surface area contributed by atoms with Gasteiger partial charge in [0.25, 0.3) is 0 Å². The minimum atomic E-state index is -1.10. The average Bonchev–Trinajstić information content (AvgIpc) is 3.57. The highest BCUT2D eigenvalue weighted by Gasteiger charge is 2.41. The topological polar surface area (TPSA) is 89.5 Å². The summed E-state index contributed by atoms with van der Waals surface area (Å²) in [4.78, 5) is 12.9. The summed E-state index contributed by atoms with van der Waals surface area (Å²) in [6, 6.07) is 3.96. The molecule has 164 valence electrons. The number of rotatable bonds is 4. The molecule has 0 saturated heterocycles. The smallest absolute Gasteiger partial charge is 0.239 e. The van der Waals surface area contributed by atoms with Crippen LogP contribution in [0.5, 0.6) is 0 Å². The van der Waals surface area contributed by atoms with E-state index in [1.807, 2.05) is 60.7 Å². The zero-order chi connectivity index (χ0) is 22.3. The van der Waals surface area contributed by atoms with Crippen LogP contribution in [-0.2, 0) is 18.9 Å². The Kier molecular flexibility index (Phi) is 4.76. The molecular formula is C24H24N4O4. The molecule has 8 bridgehead atoms. The summed E-state index contributed by atoms with van der Waals surface area (Å²) >= 11 is 0. The third-order valence-electron chi connectivity index (χ3n) is 5.73. The standard InChI is InChI=1S/C24H24N4O4/c1-29-21-13-19-12-17-9-10-23(27-17,31-3)22(30-2)20-8-7-16(26-20)11-15-5-6-18(25-15)14-24(21,28-19)32-4/h5-14,25,28H,1-4H3. The van der Waals surface area contributed by atoms with Gasteiger partial charge in [-0.25, -0.2) is 9.98 Å². The van der Waals surface area contributed by atoms with Crippen molar-refractivity contribution in [2.75, 3.05) is 28.4 Å². The van der Waals surface area contributed by atoms with Crippen LogP contribution >= 0.6 is 0 Å². The lowest BCUT2D eigenvalue weighted by Gasteiger charge is -2.27. The van der Waals surface area contributed by atoms with Crippen molar-refractivity contribution in [1.82, 2.24) is 10.3 Å². The van der Waals surface area contributed by atoms with E-state index in [4.69, 9.17) is 28.9 Å². The minimum Gasteiger partial charge on any atom is -0.496 e. The number of nitrogens with one attached hydrogen (secondary N) is 2. The first-order valence-corrected chi connectivity index (χ1v) is 10.1. The second kappa shape index (κ2) is 7.51. The molecule has 0 spiro atoms. The van der Waals surface area contributed by atoms with Gasteiger partial charge in [-0.15, -0.1) is 0 Å². The molecular weight excluding hydrogens is 408 g/mol. The summed E-state index contributed by atoms with van der Waals surface area (Å²) in [5.41, 5.74) is 0.868. The van der Waals surface area contributed by atoms with Crippen LogP contribution in [-0.4, -0.2) is 56.3 Å². The van der Waals surface area contributed by atoms with Gasteiger partial charge in [0.1, 0.15) is 5.70 Å². The van der Waals surface area contributed by atoms with Crippen LogP contribution in [0, 0.1) is 0 Å². The number of aromatic nitrogens is 1. The summed E-state index contributed by atoms with van der Waals surface area (Å²) in [7, 11) is 6.44. The molecule has 0 saturated carbocycles. The van der Waals surface area contributed by atoms with Gasteiger partial charge in [-0.05, 0) is 54.7 Å². The Labute approximate surface area is 185 Å². The van der Waals surface area contributed by atoms with E-state index in [0.29, 0.717) is 22.9 Å². The lowest BCUT2D eigenvalue weighted by Crippen LogP contribution is -2.44. The molecule has 1 aromatic heterocycles. The van der Waals surface area contributed by atoms with E-state index in [1.54, 1.807) is 28.4 Å². The molecule has 32 heavy (non-hydrogen) atoms. The molecule has 5 rings (SSSR count). The van der Waals surface area contributed by atoms with E-state index in [2.05, 4.69) is 10.3 Å². The molecule has 1 aromatic rings. The number of hydrogen-bond acceptors (Lipinski definition) is 7. The lowest BCUT2D eigenvalue weighted by molar-refractivity contribution is 0.0210. The Morgan fingerprint density at radius 2 is 1.69 bits per heavy atom. The minimum absolute atomic E-state index is 0.510. The number of aromatic amines is 1. The second-order valence-corrected chi connectivity index (χ2v) is 7.59. The summed E-state index contributed by atoms with van der Waals surface area (Å²) in [6.07, 6.45) is 15.3. The first kappa shape index (κ1) is 20.3. The Balaban J connectivity index is 1.77. The van der Waals surface area contributed by atoms with Crippen LogP contribution in [0.15, 0.2) is 81.5 Å². The van der Waals surface area contributed by atoms with E-state index in [1.165, 1.54) is 0 Å². The van der Waals surface area contributed by atoms with Gasteiger partial charge in [0.15, 0.2) is 11.5 Å². The van der Waals surface area contributed by atoms with Crippen LogP contribution in [0.1, 0.15) is 0 Å². The highest BCUT2D eigenvalue weighted by molar-refractivity contribution is 6.19. The van der Waals surface area contributed by atoms with Crippen LogP contribution in [0.3, 0.4) is 0 Å². The van der Waals surface area contributed by atoms with Gasteiger partial charge in [-0.3, -0.25) is 0 Å². The number of H-pyrrole nitrogens is 1. The fraction of sp³-hybridized carbons (Fsp3) is 0.250. The van der Waals surface area contributed by atoms with Crippen LogP contribution < -0.4 is 16.0 Å². The van der Waals surface area contributed by atoms with Gasteiger partial charge in [0, 0.05) is 36.7 Å². The van der Waals surface area contributed by atoms with E-state index in [0.717, 1.165) is 22.1 Å². The first-order chi connectivity index (χ1) is 15.5. The first-order valence-electron chi connectivity index (χ1n) is 10.1. The summed E-state index contributed by atoms with van der Waals surface area (Å²) in [5.74, 6) is 1.14. The maximum Gasteiger partial charge on any atom is 0.239 e. The van der Waals surface area contributed by atoms with Crippen molar-refractivity contribution in [1.29, 1.82) is 0 Å². The molecule has 0 aromatic carbocycles. The van der Waals surface area contributed by atoms with Gasteiger partial charge in [-0.2, -0.15) is 0 Å². The Morgan fingerprint density at radius 1 is 0.844 bits per heavy atom. The van der Waals surface area contributed by atoms with Crippen LogP contribution in [0.2, 0.25) is 0 Å². The van der Waals surface area contributed by atoms with Crippen molar-refractivity contribution in [2.24, 2.45) is 9.98 Å². The summed E-state index contributed by atoms with van der Waals surface area (Å²) in [5, 5.41) is 5.18. The predicted molar refractivity (Wildman–Crippen MR) is 122 cm³/mol.